The fourth-order valence-corrected chi connectivity index (χ4v) is 1.96. The third kappa shape index (κ3) is 3.91. The van der Waals surface area contributed by atoms with Crippen molar-refractivity contribution in [3.63, 3.8) is 0 Å². The number of nitrogen functional groups attached to an aromatic ring is 1. The molecule has 0 radical (unpaired) electrons. The molecular weight excluding hydrogens is 293 g/mol. The lowest BCUT2D eigenvalue weighted by Crippen LogP contribution is -2.29. The minimum atomic E-state index is -0.816. The molecule has 0 spiro atoms. The number of carbonyl (C=O) groups is 1. The summed E-state index contributed by atoms with van der Waals surface area (Å²) in [5.41, 5.74) is 4.50. The van der Waals surface area contributed by atoms with E-state index in [1.807, 2.05) is 6.92 Å². The van der Waals surface area contributed by atoms with Crippen LogP contribution in [0.3, 0.4) is 0 Å². The third-order valence-corrected chi connectivity index (χ3v) is 3.14. The molecule has 0 fully saturated rings. The van der Waals surface area contributed by atoms with Crippen LogP contribution in [0.2, 0.25) is 0 Å². The number of unbranched alkanes of at least 4 members (excludes halogenated alkanes) is 1. The SMILES string of the molecule is CCCCOC(=O)C[C@@H]1C=C[C@H](n2cc(F)c(N)nc2=O)O1. The van der Waals surface area contributed by atoms with E-state index in [1.165, 1.54) is 0 Å². The summed E-state index contributed by atoms with van der Waals surface area (Å²) in [6.07, 6.45) is 4.57. The summed E-state index contributed by atoms with van der Waals surface area (Å²) in [4.78, 5) is 26.6. The normalized spacial score (nSPS) is 20.3. The highest BCUT2D eigenvalue weighted by molar-refractivity contribution is 5.70. The Hall–Kier alpha value is -2.22. The zero-order chi connectivity index (χ0) is 16.1. The van der Waals surface area contributed by atoms with Crippen LogP contribution < -0.4 is 11.4 Å². The molecule has 2 heterocycles. The number of esters is 1. The number of anilines is 1. The molecule has 2 rings (SSSR count). The molecule has 0 unspecified atom stereocenters. The van der Waals surface area contributed by atoms with E-state index in [0.29, 0.717) is 6.61 Å². The van der Waals surface area contributed by atoms with E-state index in [1.54, 1.807) is 12.2 Å². The lowest BCUT2D eigenvalue weighted by molar-refractivity contribution is -0.146. The van der Waals surface area contributed by atoms with Gasteiger partial charge in [-0.2, -0.15) is 4.98 Å². The number of carbonyl (C=O) groups excluding carboxylic acids is 1. The Bertz CT molecular complexity index is 629. The van der Waals surface area contributed by atoms with Gasteiger partial charge in [-0.3, -0.25) is 9.36 Å². The van der Waals surface area contributed by atoms with Gasteiger partial charge < -0.3 is 15.2 Å². The van der Waals surface area contributed by atoms with Crippen LogP contribution in [0, 0.1) is 5.82 Å². The third-order valence-electron chi connectivity index (χ3n) is 3.14. The summed E-state index contributed by atoms with van der Waals surface area (Å²) in [7, 11) is 0. The van der Waals surface area contributed by atoms with Crippen molar-refractivity contribution >= 4 is 11.8 Å². The first-order valence-corrected chi connectivity index (χ1v) is 7.04. The van der Waals surface area contributed by atoms with E-state index in [2.05, 4.69) is 4.98 Å². The van der Waals surface area contributed by atoms with Crippen molar-refractivity contribution in [3.05, 3.63) is 34.7 Å². The Kier molecular flexibility index (Phi) is 5.26. The average molecular weight is 311 g/mol. The van der Waals surface area contributed by atoms with Crippen LogP contribution >= 0.6 is 0 Å². The molecule has 8 heteroatoms. The fraction of sp³-hybridized carbons (Fsp3) is 0.500. The summed E-state index contributed by atoms with van der Waals surface area (Å²) in [5, 5.41) is 0. The van der Waals surface area contributed by atoms with E-state index in [9.17, 15) is 14.0 Å². The van der Waals surface area contributed by atoms with Gasteiger partial charge in [-0.1, -0.05) is 19.4 Å². The number of rotatable bonds is 6. The van der Waals surface area contributed by atoms with E-state index < -0.39 is 29.7 Å². The lowest BCUT2D eigenvalue weighted by atomic mass is 10.2. The second-order valence-corrected chi connectivity index (χ2v) is 4.89. The number of hydrogen-bond donors (Lipinski definition) is 1. The minimum absolute atomic E-state index is 0.0380. The monoisotopic (exact) mass is 311 g/mol. The molecule has 7 nitrogen and oxygen atoms in total. The second-order valence-electron chi connectivity index (χ2n) is 4.89. The highest BCUT2D eigenvalue weighted by Gasteiger charge is 2.25. The number of halogens is 1. The van der Waals surface area contributed by atoms with Crippen LogP contribution in [0.5, 0.6) is 0 Å². The van der Waals surface area contributed by atoms with Crippen LogP contribution in [0.4, 0.5) is 10.2 Å². The molecule has 0 aliphatic carbocycles. The van der Waals surface area contributed by atoms with Crippen molar-refractivity contribution in [1.29, 1.82) is 0 Å². The van der Waals surface area contributed by atoms with Crippen molar-refractivity contribution in [3.8, 4) is 0 Å². The maximum atomic E-state index is 13.4. The predicted molar refractivity (Wildman–Crippen MR) is 76.4 cm³/mol. The highest BCUT2D eigenvalue weighted by atomic mass is 19.1. The molecule has 120 valence electrons. The molecule has 1 aliphatic rings. The number of hydrogen-bond acceptors (Lipinski definition) is 6. The highest BCUT2D eigenvalue weighted by Crippen LogP contribution is 2.22. The maximum absolute atomic E-state index is 13.4. The molecule has 1 aromatic rings. The predicted octanol–water partition coefficient (Wildman–Crippen LogP) is 1.15. The van der Waals surface area contributed by atoms with Gasteiger partial charge in [0.15, 0.2) is 17.9 Å². The first-order valence-electron chi connectivity index (χ1n) is 7.04. The molecule has 2 atom stereocenters. The molecule has 0 amide bonds. The molecule has 1 aliphatic heterocycles. The smallest absolute Gasteiger partial charge is 0.352 e. The minimum Gasteiger partial charge on any atom is -0.466 e. The lowest BCUT2D eigenvalue weighted by Gasteiger charge is -2.15. The van der Waals surface area contributed by atoms with Crippen LogP contribution in [-0.4, -0.2) is 28.2 Å². The van der Waals surface area contributed by atoms with Gasteiger partial charge in [0.1, 0.15) is 0 Å². The fourth-order valence-electron chi connectivity index (χ4n) is 1.96. The van der Waals surface area contributed by atoms with Gasteiger partial charge in [0.25, 0.3) is 0 Å². The Morgan fingerprint density at radius 2 is 2.32 bits per heavy atom. The van der Waals surface area contributed by atoms with Crippen LogP contribution in [-0.2, 0) is 14.3 Å². The largest absolute Gasteiger partial charge is 0.466 e. The van der Waals surface area contributed by atoms with Gasteiger partial charge in [-0.05, 0) is 12.5 Å². The molecule has 0 aromatic carbocycles. The summed E-state index contributed by atoms with van der Waals surface area (Å²) >= 11 is 0. The van der Waals surface area contributed by atoms with Crippen molar-refractivity contribution in [2.75, 3.05) is 12.3 Å². The van der Waals surface area contributed by atoms with Gasteiger partial charge in [0, 0.05) is 0 Å². The number of ether oxygens (including phenoxy) is 2. The molecule has 2 N–H and O–H groups in total. The Morgan fingerprint density at radius 3 is 3.05 bits per heavy atom. The standard InChI is InChI=1S/C14H18FN3O4/c1-2-3-6-21-12(19)7-9-4-5-11(22-9)18-8-10(15)13(16)17-14(18)20/h4-5,8-9,11H,2-3,6-7H2,1H3,(H2,16,17,20)/t9-,11+/m0/s1. The van der Waals surface area contributed by atoms with Crippen molar-refractivity contribution in [2.45, 2.75) is 38.5 Å². The van der Waals surface area contributed by atoms with E-state index >= 15 is 0 Å². The Labute approximate surface area is 126 Å². The van der Waals surface area contributed by atoms with Crippen LogP contribution in [0.15, 0.2) is 23.1 Å². The van der Waals surface area contributed by atoms with Gasteiger partial charge in [-0.25, -0.2) is 9.18 Å². The van der Waals surface area contributed by atoms with Crippen LogP contribution in [0.1, 0.15) is 32.4 Å². The van der Waals surface area contributed by atoms with Gasteiger partial charge in [0.05, 0.1) is 25.3 Å². The zero-order valence-electron chi connectivity index (χ0n) is 12.2. The molecule has 0 saturated heterocycles. The second kappa shape index (κ2) is 7.17. The summed E-state index contributed by atoms with van der Waals surface area (Å²) in [6, 6.07) is 0. The Balaban J connectivity index is 1.94. The summed E-state index contributed by atoms with van der Waals surface area (Å²) in [5.74, 6) is -1.64. The topological polar surface area (TPSA) is 96.4 Å². The Morgan fingerprint density at radius 1 is 1.55 bits per heavy atom. The van der Waals surface area contributed by atoms with Gasteiger partial charge in [0.2, 0.25) is 0 Å². The summed E-state index contributed by atoms with van der Waals surface area (Å²) in [6.45, 7) is 2.38. The number of aromatic nitrogens is 2. The van der Waals surface area contributed by atoms with Gasteiger partial charge in [-0.15, -0.1) is 0 Å². The zero-order valence-corrected chi connectivity index (χ0v) is 12.2. The average Bonchev–Trinajstić information content (AvgIpc) is 2.91. The van der Waals surface area contributed by atoms with Crippen LogP contribution in [0.25, 0.3) is 0 Å². The van der Waals surface area contributed by atoms with E-state index in [4.69, 9.17) is 15.2 Å². The summed E-state index contributed by atoms with van der Waals surface area (Å²) < 4.78 is 24.9. The van der Waals surface area contributed by atoms with E-state index in [0.717, 1.165) is 23.6 Å². The molecular formula is C14H18FN3O4. The molecule has 0 bridgehead atoms. The maximum Gasteiger partial charge on any atom is 0.352 e. The molecule has 0 saturated carbocycles. The molecule has 22 heavy (non-hydrogen) atoms. The number of nitrogens with two attached hydrogens (primary N) is 1. The van der Waals surface area contributed by atoms with Crippen molar-refractivity contribution in [1.82, 2.24) is 9.55 Å². The molecule has 1 aromatic heterocycles. The first-order chi connectivity index (χ1) is 10.5. The van der Waals surface area contributed by atoms with Gasteiger partial charge >= 0.3 is 11.7 Å². The van der Waals surface area contributed by atoms with Crippen molar-refractivity contribution < 1.29 is 18.7 Å². The quantitative estimate of drug-likeness (QED) is 0.481. The first kappa shape index (κ1) is 16.2. The number of nitrogens with zero attached hydrogens (tertiary/aromatic N) is 2. The van der Waals surface area contributed by atoms with Crippen molar-refractivity contribution in [2.24, 2.45) is 0 Å². The van der Waals surface area contributed by atoms with E-state index in [-0.39, 0.29) is 12.4 Å².